The van der Waals surface area contributed by atoms with E-state index in [2.05, 4.69) is 25.7 Å². The minimum Gasteiger partial charge on any atom is -0.382 e. The second-order valence-corrected chi connectivity index (χ2v) is 5.09. The first-order chi connectivity index (χ1) is 10.3. The molecule has 0 radical (unpaired) electrons. The second kappa shape index (κ2) is 6.51. The molecule has 7 nitrogen and oxygen atoms in total. The van der Waals surface area contributed by atoms with E-state index in [1.54, 1.807) is 11.6 Å². The Morgan fingerprint density at radius 3 is 2.91 bits per heavy atom. The van der Waals surface area contributed by atoms with Gasteiger partial charge in [0.15, 0.2) is 12.1 Å². The molecule has 1 aliphatic rings. The van der Waals surface area contributed by atoms with Crippen molar-refractivity contribution in [2.75, 3.05) is 13.6 Å². The number of nitrogens with zero attached hydrogens (tertiary/aromatic N) is 4. The molecule has 2 heterocycles. The van der Waals surface area contributed by atoms with E-state index in [-0.39, 0.29) is 12.0 Å². The van der Waals surface area contributed by atoms with Gasteiger partial charge in [-0.25, -0.2) is 9.67 Å². The zero-order chi connectivity index (χ0) is 16.3. The summed E-state index contributed by atoms with van der Waals surface area (Å²) < 4.78 is 38.7. The molecule has 22 heavy (non-hydrogen) atoms. The summed E-state index contributed by atoms with van der Waals surface area (Å²) in [4.78, 5) is 8.21. The predicted octanol–water partition coefficient (Wildman–Crippen LogP) is 0.510. The molecule has 0 bridgehead atoms. The normalized spacial score (nSPS) is 20.5. The molecule has 0 saturated carbocycles. The molecule has 0 saturated heterocycles. The van der Waals surface area contributed by atoms with Crippen molar-refractivity contribution in [3.63, 3.8) is 0 Å². The van der Waals surface area contributed by atoms with E-state index in [1.165, 1.54) is 7.05 Å². The van der Waals surface area contributed by atoms with Gasteiger partial charge in [-0.1, -0.05) is 0 Å². The highest BCUT2D eigenvalue weighted by atomic mass is 19.4. The van der Waals surface area contributed by atoms with Gasteiger partial charge >= 0.3 is 6.18 Å². The first-order valence-electron chi connectivity index (χ1n) is 6.94. The molecule has 1 aromatic rings. The van der Waals surface area contributed by atoms with Gasteiger partial charge in [0.2, 0.25) is 0 Å². The molecule has 0 spiro atoms. The number of nitrogens with one attached hydrogen (secondary N) is 2. The summed E-state index contributed by atoms with van der Waals surface area (Å²) in [5, 5.41) is 18.7. The number of hydrogen-bond donors (Lipinski definition) is 3. The minimum atomic E-state index is -4.66. The van der Waals surface area contributed by atoms with Crippen LogP contribution in [0.5, 0.6) is 0 Å². The summed E-state index contributed by atoms with van der Waals surface area (Å²) in [5.41, 5.74) is 0. The molecule has 1 aromatic heterocycles. The van der Waals surface area contributed by atoms with E-state index in [4.69, 9.17) is 5.11 Å². The number of fused-ring (bicyclic) bond motifs is 1. The number of hydrogen-bond acceptors (Lipinski definition) is 4. The smallest absolute Gasteiger partial charge is 0.382 e. The van der Waals surface area contributed by atoms with E-state index < -0.39 is 18.8 Å². The van der Waals surface area contributed by atoms with Crippen molar-refractivity contribution in [2.45, 2.75) is 44.6 Å². The first-order valence-corrected chi connectivity index (χ1v) is 6.94. The zero-order valence-corrected chi connectivity index (χ0v) is 12.4. The minimum absolute atomic E-state index is 0.177. The molecule has 0 fully saturated rings. The number of aryl methyl sites for hydroxylation is 2. The van der Waals surface area contributed by atoms with Crippen molar-refractivity contribution in [3.8, 4) is 0 Å². The maximum absolute atomic E-state index is 12.3. The zero-order valence-electron chi connectivity index (χ0n) is 12.4. The van der Waals surface area contributed by atoms with Gasteiger partial charge in [-0.3, -0.25) is 4.99 Å². The van der Waals surface area contributed by atoms with Crippen molar-refractivity contribution in [1.29, 1.82) is 0 Å². The van der Waals surface area contributed by atoms with Crippen molar-refractivity contribution in [2.24, 2.45) is 4.99 Å². The lowest BCUT2D eigenvalue weighted by molar-refractivity contribution is -0.201. The first kappa shape index (κ1) is 16.5. The van der Waals surface area contributed by atoms with Crippen LogP contribution in [0.4, 0.5) is 13.2 Å². The molecule has 10 heteroatoms. The van der Waals surface area contributed by atoms with Gasteiger partial charge in [-0.2, -0.15) is 18.3 Å². The van der Waals surface area contributed by atoms with Gasteiger partial charge in [0.05, 0.1) is 12.6 Å². The van der Waals surface area contributed by atoms with Gasteiger partial charge in [0.1, 0.15) is 11.6 Å². The maximum Gasteiger partial charge on any atom is 0.416 e. The molecule has 0 aliphatic carbocycles. The average Bonchev–Trinajstić information content (AvgIpc) is 2.83. The van der Waals surface area contributed by atoms with Gasteiger partial charge in [-0.15, -0.1) is 0 Å². The Morgan fingerprint density at radius 2 is 2.27 bits per heavy atom. The summed E-state index contributed by atoms with van der Waals surface area (Å²) in [7, 11) is 1.45. The van der Waals surface area contributed by atoms with Crippen LogP contribution in [0, 0.1) is 6.92 Å². The second-order valence-electron chi connectivity index (χ2n) is 5.09. The number of alkyl halides is 3. The van der Waals surface area contributed by atoms with E-state index >= 15 is 0 Å². The lowest BCUT2D eigenvalue weighted by Crippen LogP contribution is -2.47. The molecule has 124 valence electrons. The molecular weight excluding hydrogens is 301 g/mol. The van der Waals surface area contributed by atoms with Crippen LogP contribution in [0.15, 0.2) is 4.99 Å². The Labute approximate surface area is 125 Å². The highest BCUT2D eigenvalue weighted by Crippen LogP contribution is 2.23. The molecule has 3 N–H and O–H groups in total. The number of halogens is 3. The Hall–Kier alpha value is -1.84. The van der Waals surface area contributed by atoms with Crippen LogP contribution >= 0.6 is 0 Å². The number of aliphatic hydroxyl groups is 1. The lowest BCUT2D eigenvalue weighted by atomic mass is 10.1. The molecular formula is C12H19F3N6O. The Balaban J connectivity index is 1.97. The Morgan fingerprint density at radius 1 is 1.55 bits per heavy atom. The van der Waals surface area contributed by atoms with Crippen molar-refractivity contribution in [3.05, 3.63) is 11.6 Å². The Kier molecular flexibility index (Phi) is 4.89. The number of aliphatic hydroxyl groups excluding tert-OH is 1. The largest absolute Gasteiger partial charge is 0.416 e. The summed E-state index contributed by atoms with van der Waals surface area (Å²) in [6.07, 6.45) is -5.44. The summed E-state index contributed by atoms with van der Waals surface area (Å²) in [6, 6.07) is -0.177. The molecule has 0 amide bonds. The molecule has 2 atom stereocenters. The monoisotopic (exact) mass is 320 g/mol. The highest BCUT2D eigenvalue weighted by molar-refractivity contribution is 5.80. The maximum atomic E-state index is 12.3. The van der Waals surface area contributed by atoms with E-state index in [0.29, 0.717) is 5.82 Å². The Bertz CT molecular complexity index is 541. The number of guanidine groups is 1. The van der Waals surface area contributed by atoms with Crippen molar-refractivity contribution in [1.82, 2.24) is 25.4 Å². The third-order valence-corrected chi connectivity index (χ3v) is 3.36. The third kappa shape index (κ3) is 3.87. The van der Waals surface area contributed by atoms with Crippen LogP contribution in [0.3, 0.4) is 0 Å². The fourth-order valence-electron chi connectivity index (χ4n) is 2.27. The summed E-state index contributed by atoms with van der Waals surface area (Å²) in [6.45, 7) is 1.89. The summed E-state index contributed by atoms with van der Waals surface area (Å²) >= 11 is 0. The quantitative estimate of drug-likeness (QED) is 0.558. The summed E-state index contributed by atoms with van der Waals surface area (Å²) in [5.74, 6) is 1.57. The standard InChI is InChI=1S/C12H19F3N6O/c1-7-18-10-8(4-3-5-21(10)20-7)19-11(16-2)17-6-9(22)12(13,14)15/h8-9,22H,3-6H2,1-2H3,(H2,16,17,19). The molecule has 0 aromatic carbocycles. The topological polar surface area (TPSA) is 87.4 Å². The molecule has 1 aliphatic heterocycles. The number of aliphatic imine (C=N–C) groups is 1. The van der Waals surface area contributed by atoms with Crippen LogP contribution in [-0.4, -0.2) is 51.7 Å². The molecule has 2 rings (SSSR count). The van der Waals surface area contributed by atoms with Crippen molar-refractivity contribution < 1.29 is 18.3 Å². The van der Waals surface area contributed by atoms with E-state index in [9.17, 15) is 13.2 Å². The van der Waals surface area contributed by atoms with Crippen LogP contribution in [0.25, 0.3) is 0 Å². The van der Waals surface area contributed by atoms with Crippen LogP contribution in [-0.2, 0) is 6.54 Å². The average molecular weight is 320 g/mol. The molecule has 2 unspecified atom stereocenters. The van der Waals surface area contributed by atoms with Crippen molar-refractivity contribution >= 4 is 5.96 Å². The fraction of sp³-hybridized carbons (Fsp3) is 0.750. The van der Waals surface area contributed by atoms with E-state index in [1.807, 2.05) is 0 Å². The van der Waals surface area contributed by atoms with Gasteiger partial charge < -0.3 is 15.7 Å². The van der Waals surface area contributed by atoms with Crippen LogP contribution in [0.2, 0.25) is 0 Å². The number of rotatable bonds is 3. The SMILES string of the molecule is CN=C(NCC(O)C(F)(F)F)NC1CCCn2nc(C)nc21. The van der Waals surface area contributed by atoms with Gasteiger partial charge in [0.25, 0.3) is 0 Å². The number of aromatic nitrogens is 3. The fourth-order valence-corrected chi connectivity index (χ4v) is 2.27. The lowest BCUT2D eigenvalue weighted by Gasteiger charge is -2.25. The van der Waals surface area contributed by atoms with Crippen LogP contribution < -0.4 is 10.6 Å². The predicted molar refractivity (Wildman–Crippen MR) is 73.3 cm³/mol. The van der Waals surface area contributed by atoms with E-state index in [0.717, 1.165) is 25.2 Å². The van der Waals surface area contributed by atoms with Gasteiger partial charge in [0, 0.05) is 13.6 Å². The van der Waals surface area contributed by atoms with Gasteiger partial charge in [-0.05, 0) is 19.8 Å². The third-order valence-electron chi connectivity index (χ3n) is 3.36. The highest BCUT2D eigenvalue weighted by Gasteiger charge is 2.38. The van der Waals surface area contributed by atoms with Crippen LogP contribution in [0.1, 0.15) is 30.5 Å².